The predicted octanol–water partition coefficient (Wildman–Crippen LogP) is 1.91. The minimum atomic E-state index is 0.204. The Morgan fingerprint density at radius 2 is 2.13 bits per heavy atom. The highest BCUT2D eigenvalue weighted by atomic mass is 17.2. The minimum absolute atomic E-state index is 0.204. The van der Waals surface area contributed by atoms with E-state index in [4.69, 9.17) is 9.62 Å². The molecule has 0 radical (unpaired) electrons. The van der Waals surface area contributed by atoms with Gasteiger partial charge in [0.2, 0.25) is 0 Å². The Balaban J connectivity index is 2.67. The van der Waals surface area contributed by atoms with Gasteiger partial charge >= 0.3 is 0 Å². The number of hydrogen-bond donors (Lipinski definition) is 1. The Morgan fingerprint density at radius 1 is 1.33 bits per heavy atom. The number of aromatic hydroxyl groups is 1. The second-order valence-corrected chi connectivity index (χ2v) is 2.96. The number of phenolic OH excluding ortho intramolecular Hbond substituents is 1. The van der Waals surface area contributed by atoms with E-state index in [-0.39, 0.29) is 5.75 Å². The lowest BCUT2D eigenvalue weighted by Gasteiger charge is -2.10. The fourth-order valence-electron chi connectivity index (χ4n) is 1.27. The molecule has 1 rings (SSSR count). The third kappa shape index (κ3) is 3.77. The molecular formula is C11H16O4. The number of ether oxygens (including phenoxy) is 1. The summed E-state index contributed by atoms with van der Waals surface area (Å²) in [5.74, 6) is 0.895. The summed E-state index contributed by atoms with van der Waals surface area (Å²) in [6.07, 6.45) is 0.684. The van der Waals surface area contributed by atoms with Gasteiger partial charge in [-0.15, -0.1) is 0 Å². The van der Waals surface area contributed by atoms with Gasteiger partial charge in [0, 0.05) is 12.5 Å². The van der Waals surface area contributed by atoms with Crippen molar-refractivity contribution in [3.05, 3.63) is 23.8 Å². The molecule has 0 unspecified atom stereocenters. The first-order valence-electron chi connectivity index (χ1n) is 4.88. The van der Waals surface area contributed by atoms with E-state index < -0.39 is 0 Å². The van der Waals surface area contributed by atoms with E-state index in [0.29, 0.717) is 25.4 Å². The maximum atomic E-state index is 9.30. The molecule has 0 amide bonds. The summed E-state index contributed by atoms with van der Waals surface area (Å²) < 4.78 is 5.39. The van der Waals surface area contributed by atoms with Crippen molar-refractivity contribution in [1.82, 2.24) is 0 Å². The number of hydrogen-bond acceptors (Lipinski definition) is 4. The molecule has 0 spiro atoms. The van der Waals surface area contributed by atoms with Crippen molar-refractivity contribution in [3.8, 4) is 11.5 Å². The average molecular weight is 212 g/mol. The fraction of sp³-hybridized carbons (Fsp3) is 0.455. The lowest BCUT2D eigenvalue weighted by atomic mass is 10.1. The van der Waals surface area contributed by atoms with E-state index in [0.717, 1.165) is 5.56 Å². The molecular weight excluding hydrogens is 196 g/mol. The molecule has 84 valence electrons. The van der Waals surface area contributed by atoms with Gasteiger partial charge in [0.1, 0.15) is 11.5 Å². The van der Waals surface area contributed by atoms with Crippen molar-refractivity contribution < 1.29 is 19.6 Å². The molecule has 0 saturated heterocycles. The Morgan fingerprint density at radius 3 is 2.80 bits per heavy atom. The standard InChI is InChI=1S/C11H16O4/c1-3-14-11-8-10(12)5-4-9(11)6-7-15-13-2/h4-5,8,12H,3,6-7H2,1-2H3. The smallest absolute Gasteiger partial charge is 0.126 e. The molecule has 4 heteroatoms. The van der Waals surface area contributed by atoms with Crippen LogP contribution in [0.15, 0.2) is 18.2 Å². The molecule has 0 bridgehead atoms. The van der Waals surface area contributed by atoms with Crippen molar-refractivity contribution >= 4 is 0 Å². The van der Waals surface area contributed by atoms with Crippen LogP contribution in [0.1, 0.15) is 12.5 Å². The van der Waals surface area contributed by atoms with Crippen LogP contribution in [0.5, 0.6) is 11.5 Å². The molecule has 0 aliphatic rings. The lowest BCUT2D eigenvalue weighted by molar-refractivity contribution is -0.271. The summed E-state index contributed by atoms with van der Waals surface area (Å²) in [5, 5.41) is 9.30. The molecule has 0 fully saturated rings. The predicted molar refractivity (Wildman–Crippen MR) is 55.9 cm³/mol. The first kappa shape index (κ1) is 11.8. The highest BCUT2D eigenvalue weighted by molar-refractivity contribution is 5.40. The second-order valence-electron chi connectivity index (χ2n) is 2.96. The number of benzene rings is 1. The summed E-state index contributed by atoms with van der Waals surface area (Å²) in [6, 6.07) is 5.05. The highest BCUT2D eigenvalue weighted by Crippen LogP contribution is 2.24. The van der Waals surface area contributed by atoms with Gasteiger partial charge in [-0.05, 0) is 18.6 Å². The highest BCUT2D eigenvalue weighted by Gasteiger charge is 2.04. The van der Waals surface area contributed by atoms with E-state index in [1.807, 2.05) is 13.0 Å². The first-order chi connectivity index (χ1) is 7.27. The normalized spacial score (nSPS) is 10.3. The Bertz CT molecular complexity index is 299. The van der Waals surface area contributed by atoms with E-state index in [2.05, 4.69) is 4.89 Å². The minimum Gasteiger partial charge on any atom is -0.508 e. The van der Waals surface area contributed by atoms with Crippen LogP contribution in [0.2, 0.25) is 0 Å². The van der Waals surface area contributed by atoms with Crippen LogP contribution in [0, 0.1) is 0 Å². The van der Waals surface area contributed by atoms with Gasteiger partial charge in [0.25, 0.3) is 0 Å². The zero-order chi connectivity index (χ0) is 11.1. The van der Waals surface area contributed by atoms with Crippen LogP contribution >= 0.6 is 0 Å². The van der Waals surface area contributed by atoms with Crippen molar-refractivity contribution in [2.24, 2.45) is 0 Å². The van der Waals surface area contributed by atoms with Gasteiger partial charge < -0.3 is 9.84 Å². The van der Waals surface area contributed by atoms with Crippen LogP contribution in [0.25, 0.3) is 0 Å². The number of phenols is 1. The molecule has 1 aromatic rings. The molecule has 1 N–H and O–H groups in total. The average Bonchev–Trinajstić information content (AvgIpc) is 2.22. The SMILES string of the molecule is CCOc1cc(O)ccc1CCOOC. The third-order valence-electron chi connectivity index (χ3n) is 1.92. The van der Waals surface area contributed by atoms with Crippen LogP contribution in [0.4, 0.5) is 0 Å². The fourth-order valence-corrected chi connectivity index (χ4v) is 1.27. The Kier molecular flexibility index (Phi) is 4.93. The summed E-state index contributed by atoms with van der Waals surface area (Å²) >= 11 is 0. The maximum Gasteiger partial charge on any atom is 0.126 e. The van der Waals surface area contributed by atoms with Gasteiger partial charge in [0.05, 0.1) is 20.3 Å². The van der Waals surface area contributed by atoms with Crippen LogP contribution < -0.4 is 4.74 Å². The molecule has 15 heavy (non-hydrogen) atoms. The molecule has 0 aromatic heterocycles. The van der Waals surface area contributed by atoms with Crippen LogP contribution in [-0.4, -0.2) is 25.4 Å². The Labute approximate surface area is 89.3 Å². The molecule has 0 heterocycles. The summed E-state index contributed by atoms with van der Waals surface area (Å²) in [6.45, 7) is 2.93. The lowest BCUT2D eigenvalue weighted by Crippen LogP contribution is -2.01. The van der Waals surface area contributed by atoms with E-state index >= 15 is 0 Å². The first-order valence-corrected chi connectivity index (χ1v) is 4.88. The molecule has 1 aromatic carbocycles. The van der Waals surface area contributed by atoms with Gasteiger partial charge in [-0.3, -0.25) is 0 Å². The molecule has 4 nitrogen and oxygen atoms in total. The largest absolute Gasteiger partial charge is 0.508 e. The van der Waals surface area contributed by atoms with Crippen molar-refractivity contribution in [1.29, 1.82) is 0 Å². The zero-order valence-corrected chi connectivity index (χ0v) is 9.03. The second kappa shape index (κ2) is 6.27. The van der Waals surface area contributed by atoms with Gasteiger partial charge in [-0.1, -0.05) is 6.07 Å². The Hall–Kier alpha value is -1.26. The van der Waals surface area contributed by atoms with Crippen LogP contribution in [-0.2, 0) is 16.2 Å². The topological polar surface area (TPSA) is 47.9 Å². The number of rotatable bonds is 6. The van der Waals surface area contributed by atoms with Gasteiger partial charge in [0.15, 0.2) is 0 Å². The van der Waals surface area contributed by atoms with Gasteiger partial charge in [-0.2, -0.15) is 0 Å². The van der Waals surface area contributed by atoms with E-state index in [1.165, 1.54) is 7.11 Å². The molecule has 0 saturated carbocycles. The third-order valence-corrected chi connectivity index (χ3v) is 1.92. The monoisotopic (exact) mass is 212 g/mol. The summed E-state index contributed by atoms with van der Waals surface area (Å²) in [4.78, 5) is 9.28. The van der Waals surface area contributed by atoms with Crippen molar-refractivity contribution in [3.63, 3.8) is 0 Å². The quantitative estimate of drug-likeness (QED) is 0.444. The van der Waals surface area contributed by atoms with E-state index in [9.17, 15) is 5.11 Å². The van der Waals surface area contributed by atoms with E-state index in [1.54, 1.807) is 12.1 Å². The van der Waals surface area contributed by atoms with Crippen molar-refractivity contribution in [2.75, 3.05) is 20.3 Å². The zero-order valence-electron chi connectivity index (χ0n) is 9.03. The maximum absolute atomic E-state index is 9.30. The molecule has 0 atom stereocenters. The summed E-state index contributed by atoms with van der Waals surface area (Å²) in [5.41, 5.74) is 0.992. The van der Waals surface area contributed by atoms with Gasteiger partial charge in [-0.25, -0.2) is 9.78 Å². The molecule has 0 aliphatic heterocycles. The molecule has 0 aliphatic carbocycles. The van der Waals surface area contributed by atoms with Crippen molar-refractivity contribution in [2.45, 2.75) is 13.3 Å². The van der Waals surface area contributed by atoms with Crippen LogP contribution in [0.3, 0.4) is 0 Å². The summed E-state index contributed by atoms with van der Waals surface area (Å²) in [7, 11) is 1.47.